The molecule has 0 spiro atoms. The van der Waals surface area contributed by atoms with E-state index in [2.05, 4.69) is 5.32 Å². The molecule has 0 aliphatic carbocycles. The molecule has 0 radical (unpaired) electrons. The van der Waals surface area contributed by atoms with Crippen molar-refractivity contribution >= 4 is 40.7 Å². The molecule has 0 saturated carbocycles. The smallest absolute Gasteiger partial charge is 0.261 e. The van der Waals surface area contributed by atoms with E-state index >= 15 is 0 Å². The number of benzene rings is 2. The van der Waals surface area contributed by atoms with Crippen molar-refractivity contribution < 1.29 is 23.6 Å². The van der Waals surface area contributed by atoms with Crippen molar-refractivity contribution in [2.75, 3.05) is 28.2 Å². The van der Waals surface area contributed by atoms with Gasteiger partial charge in [-0.1, -0.05) is 12.1 Å². The van der Waals surface area contributed by atoms with E-state index in [9.17, 15) is 19.2 Å². The number of carbonyl (C=O) groups excluding carboxylic acids is 4. The summed E-state index contributed by atoms with van der Waals surface area (Å²) in [4.78, 5) is 56.8. The largest absolute Gasteiger partial charge is 0.472 e. The molecule has 0 bridgehead atoms. The van der Waals surface area contributed by atoms with Gasteiger partial charge in [0, 0.05) is 37.3 Å². The first-order valence-electron chi connectivity index (χ1n) is 12.4. The van der Waals surface area contributed by atoms with E-state index in [4.69, 9.17) is 4.42 Å². The molecule has 9 heteroatoms. The summed E-state index contributed by atoms with van der Waals surface area (Å²) in [7, 11) is 0. The van der Waals surface area contributed by atoms with E-state index < -0.39 is 5.66 Å². The summed E-state index contributed by atoms with van der Waals surface area (Å²) in [6, 6.07) is 14.3. The molecule has 1 saturated heterocycles. The highest BCUT2D eigenvalue weighted by molar-refractivity contribution is 6.10. The van der Waals surface area contributed by atoms with Gasteiger partial charge in [0.15, 0.2) is 0 Å². The number of nitrogens with zero attached hydrogens (tertiary/aromatic N) is 3. The maximum atomic E-state index is 13.4. The maximum Gasteiger partial charge on any atom is 0.261 e. The van der Waals surface area contributed by atoms with Gasteiger partial charge >= 0.3 is 0 Å². The van der Waals surface area contributed by atoms with Crippen LogP contribution in [-0.2, 0) is 16.0 Å². The van der Waals surface area contributed by atoms with Crippen LogP contribution < -0.4 is 15.1 Å². The van der Waals surface area contributed by atoms with Crippen molar-refractivity contribution in [3.05, 3.63) is 77.7 Å². The van der Waals surface area contributed by atoms with Gasteiger partial charge in [-0.15, -0.1) is 0 Å². The molecular weight excluding hydrogens is 472 g/mol. The first kappa shape index (κ1) is 23.0. The third-order valence-corrected chi connectivity index (χ3v) is 7.58. The zero-order chi connectivity index (χ0) is 25.7. The van der Waals surface area contributed by atoms with E-state index in [1.165, 1.54) is 12.5 Å². The highest BCUT2D eigenvalue weighted by Crippen LogP contribution is 2.44. The number of amides is 4. The molecule has 1 fully saturated rings. The van der Waals surface area contributed by atoms with Crippen molar-refractivity contribution in [1.29, 1.82) is 0 Å². The van der Waals surface area contributed by atoms with Crippen LogP contribution in [-0.4, -0.2) is 47.3 Å². The normalized spacial score (nSPS) is 20.1. The summed E-state index contributed by atoms with van der Waals surface area (Å²) < 4.78 is 5.03. The lowest BCUT2D eigenvalue weighted by molar-refractivity contribution is -0.117. The second kappa shape index (κ2) is 8.62. The molecule has 2 aromatic carbocycles. The minimum absolute atomic E-state index is 0.0182. The molecule has 3 aromatic rings. The first-order chi connectivity index (χ1) is 17.9. The third kappa shape index (κ3) is 3.69. The van der Waals surface area contributed by atoms with Crippen molar-refractivity contribution in [3.63, 3.8) is 0 Å². The van der Waals surface area contributed by atoms with Crippen LogP contribution in [0.15, 0.2) is 65.5 Å². The fourth-order valence-electron chi connectivity index (χ4n) is 5.71. The van der Waals surface area contributed by atoms with Crippen LogP contribution in [0.5, 0.6) is 0 Å². The maximum absolute atomic E-state index is 13.4. The lowest BCUT2D eigenvalue weighted by atomic mass is 9.98. The molecule has 9 nitrogen and oxygen atoms in total. The number of para-hydroxylation sites is 1. The summed E-state index contributed by atoms with van der Waals surface area (Å²) >= 11 is 0. The minimum atomic E-state index is -0.790. The number of nitrogens with one attached hydrogen (secondary N) is 1. The van der Waals surface area contributed by atoms with Crippen molar-refractivity contribution in [3.8, 4) is 0 Å². The number of hydrogen-bond donors (Lipinski definition) is 1. The van der Waals surface area contributed by atoms with Crippen LogP contribution in [0, 0.1) is 0 Å². The van der Waals surface area contributed by atoms with Crippen LogP contribution in [0.2, 0.25) is 0 Å². The molecule has 1 N–H and O–H groups in total. The Morgan fingerprint density at radius 1 is 1.05 bits per heavy atom. The Morgan fingerprint density at radius 2 is 1.89 bits per heavy atom. The lowest BCUT2D eigenvalue weighted by Crippen LogP contribution is -2.62. The molecule has 6 rings (SSSR count). The SMILES string of the molecule is CC12CCC(=O)N1c1ccccc1C(=O)N2CCC(=O)Nc1ccc2c(c1)CCN2C(=O)c1ccoc1. The van der Waals surface area contributed by atoms with Gasteiger partial charge < -0.3 is 19.5 Å². The predicted molar refractivity (Wildman–Crippen MR) is 136 cm³/mol. The number of rotatable bonds is 5. The van der Waals surface area contributed by atoms with E-state index in [1.54, 1.807) is 45.0 Å². The third-order valence-electron chi connectivity index (χ3n) is 7.58. The van der Waals surface area contributed by atoms with Gasteiger partial charge in [-0.2, -0.15) is 0 Å². The molecule has 3 aliphatic rings. The Hall–Kier alpha value is -4.40. The monoisotopic (exact) mass is 498 g/mol. The zero-order valence-electron chi connectivity index (χ0n) is 20.4. The molecule has 3 aliphatic heterocycles. The fourth-order valence-corrected chi connectivity index (χ4v) is 5.71. The topological polar surface area (TPSA) is 103 Å². The average molecular weight is 499 g/mol. The van der Waals surface area contributed by atoms with Gasteiger partial charge in [0.05, 0.1) is 23.1 Å². The highest BCUT2D eigenvalue weighted by Gasteiger charge is 2.52. The van der Waals surface area contributed by atoms with Crippen LogP contribution in [0.1, 0.15) is 52.5 Å². The number of carbonyl (C=O) groups is 4. The van der Waals surface area contributed by atoms with Gasteiger partial charge in [0.2, 0.25) is 11.8 Å². The van der Waals surface area contributed by atoms with E-state index in [0.29, 0.717) is 48.3 Å². The van der Waals surface area contributed by atoms with Gasteiger partial charge in [-0.05, 0) is 61.7 Å². The Kier molecular flexibility index (Phi) is 5.36. The number of furan rings is 1. The highest BCUT2D eigenvalue weighted by atomic mass is 16.3. The second-order valence-electron chi connectivity index (χ2n) is 9.78. The molecule has 188 valence electrons. The molecule has 1 aromatic heterocycles. The lowest BCUT2D eigenvalue weighted by Gasteiger charge is -2.48. The van der Waals surface area contributed by atoms with Crippen LogP contribution in [0.25, 0.3) is 0 Å². The Labute approximate surface area is 213 Å². The Balaban J connectivity index is 1.15. The molecule has 4 amide bonds. The second-order valence-corrected chi connectivity index (χ2v) is 9.78. The van der Waals surface area contributed by atoms with E-state index in [1.807, 2.05) is 25.1 Å². The van der Waals surface area contributed by atoms with Crippen molar-refractivity contribution in [1.82, 2.24) is 4.90 Å². The zero-order valence-corrected chi connectivity index (χ0v) is 20.4. The van der Waals surface area contributed by atoms with E-state index in [0.717, 1.165) is 11.3 Å². The predicted octanol–water partition coefficient (Wildman–Crippen LogP) is 3.81. The Bertz CT molecular complexity index is 1430. The molecule has 4 heterocycles. The Morgan fingerprint density at radius 3 is 2.70 bits per heavy atom. The number of fused-ring (bicyclic) bond motifs is 4. The summed E-state index contributed by atoms with van der Waals surface area (Å²) in [5.74, 6) is -0.535. The summed E-state index contributed by atoms with van der Waals surface area (Å²) in [6.45, 7) is 2.64. The van der Waals surface area contributed by atoms with Crippen LogP contribution >= 0.6 is 0 Å². The molecular formula is C28H26N4O5. The quantitative estimate of drug-likeness (QED) is 0.576. The van der Waals surface area contributed by atoms with Crippen molar-refractivity contribution in [2.45, 2.75) is 38.3 Å². The van der Waals surface area contributed by atoms with Gasteiger partial charge in [0.25, 0.3) is 11.8 Å². The first-order valence-corrected chi connectivity index (χ1v) is 12.4. The molecule has 1 unspecified atom stereocenters. The summed E-state index contributed by atoms with van der Waals surface area (Å²) in [6.07, 6.45) is 4.56. The standard InChI is InChI=1S/C28H26N4O5/c1-28-12-8-25(34)32(28)23-5-3-2-4-21(23)27(36)31(28)14-10-24(33)29-20-6-7-22-18(16-20)9-13-30(22)26(35)19-11-15-37-17-19/h2-7,11,15-17H,8-10,12-14H2,1H3,(H,29,33). The molecule has 37 heavy (non-hydrogen) atoms. The number of anilines is 3. The fraction of sp³-hybridized carbons (Fsp3) is 0.286. The minimum Gasteiger partial charge on any atom is -0.472 e. The summed E-state index contributed by atoms with van der Waals surface area (Å²) in [5.41, 5.74) is 3.25. The molecule has 1 atom stereocenters. The summed E-state index contributed by atoms with van der Waals surface area (Å²) in [5, 5.41) is 2.92. The number of hydrogen-bond acceptors (Lipinski definition) is 5. The van der Waals surface area contributed by atoms with Crippen LogP contribution in [0.4, 0.5) is 17.1 Å². The van der Waals surface area contributed by atoms with Crippen LogP contribution in [0.3, 0.4) is 0 Å². The van der Waals surface area contributed by atoms with Gasteiger partial charge in [-0.25, -0.2) is 0 Å². The van der Waals surface area contributed by atoms with E-state index in [-0.39, 0.29) is 36.6 Å². The average Bonchev–Trinajstić information content (AvgIpc) is 3.63. The van der Waals surface area contributed by atoms with Crippen molar-refractivity contribution in [2.24, 2.45) is 0 Å². The van der Waals surface area contributed by atoms with Gasteiger partial charge in [0.1, 0.15) is 11.9 Å². The van der Waals surface area contributed by atoms with Gasteiger partial charge in [-0.3, -0.25) is 24.1 Å².